The fourth-order valence-electron chi connectivity index (χ4n) is 5.23. The predicted octanol–water partition coefficient (Wildman–Crippen LogP) is 4.89. The van der Waals surface area contributed by atoms with Gasteiger partial charge in [0.25, 0.3) is 5.91 Å². The number of benzene rings is 3. The molecule has 1 atom stereocenters. The van der Waals surface area contributed by atoms with Gasteiger partial charge in [0.05, 0.1) is 6.10 Å². The molecule has 1 unspecified atom stereocenters. The van der Waals surface area contributed by atoms with Crippen LogP contribution in [0, 0.1) is 5.92 Å². The lowest BCUT2D eigenvalue weighted by molar-refractivity contribution is 0.0690. The van der Waals surface area contributed by atoms with Crippen LogP contribution in [-0.4, -0.2) is 46.2 Å². The van der Waals surface area contributed by atoms with Gasteiger partial charge in [0.2, 0.25) is 0 Å². The van der Waals surface area contributed by atoms with E-state index in [1.54, 1.807) is 0 Å². The fourth-order valence-corrected chi connectivity index (χ4v) is 5.23. The molecule has 1 aliphatic heterocycles. The Bertz CT molecular complexity index is 1260. The predicted molar refractivity (Wildman–Crippen MR) is 145 cm³/mol. The molecule has 1 aromatic heterocycles. The van der Waals surface area contributed by atoms with Gasteiger partial charge in [-0.05, 0) is 60.6 Å². The first-order valence-electron chi connectivity index (χ1n) is 13.0. The monoisotopic (exact) mass is 481 g/mol. The van der Waals surface area contributed by atoms with Crippen molar-refractivity contribution >= 4 is 16.8 Å². The third-order valence-corrected chi connectivity index (χ3v) is 7.25. The summed E-state index contributed by atoms with van der Waals surface area (Å²) in [5.74, 6) is 0.759. The maximum Gasteiger partial charge on any atom is 0.253 e. The zero-order chi connectivity index (χ0) is 24.7. The van der Waals surface area contributed by atoms with Gasteiger partial charge < -0.3 is 19.9 Å². The van der Waals surface area contributed by atoms with Crippen molar-refractivity contribution in [2.45, 2.75) is 38.5 Å². The number of aromatic nitrogens is 1. The number of nitrogens with zero attached hydrogens (tertiary/aromatic N) is 2. The van der Waals surface area contributed by atoms with Gasteiger partial charge >= 0.3 is 0 Å². The lowest BCUT2D eigenvalue weighted by Gasteiger charge is -2.32. The minimum absolute atomic E-state index is 0.118. The van der Waals surface area contributed by atoms with Gasteiger partial charge in [-0.25, -0.2) is 0 Å². The average molecular weight is 482 g/mol. The molecule has 5 heteroatoms. The summed E-state index contributed by atoms with van der Waals surface area (Å²) in [6.45, 7) is 3.40. The first kappa shape index (κ1) is 24.3. The molecule has 36 heavy (non-hydrogen) atoms. The van der Waals surface area contributed by atoms with Crippen LogP contribution in [0.5, 0.6) is 0 Å². The summed E-state index contributed by atoms with van der Waals surface area (Å²) in [4.78, 5) is 15.2. The van der Waals surface area contributed by atoms with Crippen molar-refractivity contribution < 1.29 is 9.90 Å². The summed E-state index contributed by atoms with van der Waals surface area (Å²) < 4.78 is 2.06. The second-order valence-corrected chi connectivity index (χ2v) is 9.94. The number of aliphatic hydroxyl groups is 1. The van der Waals surface area contributed by atoms with Crippen LogP contribution >= 0.6 is 0 Å². The van der Waals surface area contributed by atoms with Gasteiger partial charge in [0.1, 0.15) is 0 Å². The molecule has 3 aromatic carbocycles. The molecule has 0 saturated carbocycles. The first-order chi connectivity index (χ1) is 17.7. The maximum atomic E-state index is 13.2. The maximum absolute atomic E-state index is 13.2. The number of rotatable bonds is 9. The molecular weight excluding hydrogens is 446 g/mol. The molecule has 0 aliphatic carbocycles. The van der Waals surface area contributed by atoms with E-state index in [9.17, 15) is 9.90 Å². The number of aliphatic hydroxyl groups excluding tert-OH is 1. The molecule has 2 N–H and O–H groups in total. The SMILES string of the molecule is O=C(c1ccc2c(ccn2CC(O)CNCc2ccccc2)c1)N1CCC(Cc2ccccc2)CC1. The van der Waals surface area contributed by atoms with Gasteiger partial charge in [0, 0.05) is 55.4 Å². The summed E-state index contributed by atoms with van der Waals surface area (Å²) in [6.07, 6.45) is 4.69. The molecular formula is C31H35N3O2. The van der Waals surface area contributed by atoms with Crippen LogP contribution in [0.2, 0.25) is 0 Å². The van der Waals surface area contributed by atoms with E-state index >= 15 is 0 Å². The summed E-state index contributed by atoms with van der Waals surface area (Å²) in [7, 11) is 0. The largest absolute Gasteiger partial charge is 0.390 e. The van der Waals surface area contributed by atoms with Crippen LogP contribution in [0.25, 0.3) is 10.9 Å². The van der Waals surface area contributed by atoms with Gasteiger partial charge in [-0.3, -0.25) is 4.79 Å². The van der Waals surface area contributed by atoms with E-state index in [0.29, 0.717) is 19.0 Å². The summed E-state index contributed by atoms with van der Waals surface area (Å²) in [6, 6.07) is 28.8. The Morgan fingerprint density at radius 2 is 1.61 bits per heavy atom. The number of piperidine rings is 1. The van der Waals surface area contributed by atoms with Gasteiger partial charge in [0.15, 0.2) is 0 Å². The van der Waals surface area contributed by atoms with E-state index in [2.05, 4.69) is 52.3 Å². The topological polar surface area (TPSA) is 57.5 Å². The standard InChI is InChI=1S/C31H35N3O2/c35-29(22-32-21-26-9-5-2-6-10-26)23-34-18-15-27-20-28(11-12-30(27)34)31(36)33-16-13-25(14-17-33)19-24-7-3-1-4-8-24/h1-12,15,18,20,25,29,32,35H,13-14,16-17,19,21-23H2. The Hall–Kier alpha value is -3.41. The number of fused-ring (bicyclic) bond motifs is 1. The van der Waals surface area contributed by atoms with Crippen LogP contribution in [0.15, 0.2) is 91.1 Å². The van der Waals surface area contributed by atoms with Crippen LogP contribution < -0.4 is 5.32 Å². The Morgan fingerprint density at radius 3 is 2.33 bits per heavy atom. The van der Waals surface area contributed by atoms with Gasteiger partial charge in [-0.1, -0.05) is 60.7 Å². The van der Waals surface area contributed by atoms with Crippen LogP contribution in [-0.2, 0) is 19.5 Å². The molecule has 5 nitrogen and oxygen atoms in total. The van der Waals surface area contributed by atoms with E-state index in [1.165, 1.54) is 11.1 Å². The minimum Gasteiger partial charge on any atom is -0.390 e. The molecule has 4 aromatic rings. The smallest absolute Gasteiger partial charge is 0.253 e. The first-order valence-corrected chi connectivity index (χ1v) is 13.0. The van der Waals surface area contributed by atoms with Crippen LogP contribution in [0.3, 0.4) is 0 Å². The van der Waals surface area contributed by atoms with Crippen molar-refractivity contribution in [3.8, 4) is 0 Å². The fraction of sp³-hybridized carbons (Fsp3) is 0.323. The van der Waals surface area contributed by atoms with E-state index in [0.717, 1.165) is 55.4 Å². The zero-order valence-corrected chi connectivity index (χ0v) is 20.7. The quantitative estimate of drug-likeness (QED) is 0.358. The molecule has 1 fully saturated rings. The van der Waals surface area contributed by atoms with E-state index in [1.807, 2.05) is 53.6 Å². The third kappa shape index (κ3) is 6.04. The highest BCUT2D eigenvalue weighted by molar-refractivity contribution is 5.98. The molecule has 2 heterocycles. The Kier molecular flexibility index (Phi) is 7.79. The Morgan fingerprint density at radius 1 is 0.917 bits per heavy atom. The van der Waals surface area contributed by atoms with Crippen molar-refractivity contribution in [2.24, 2.45) is 5.92 Å². The number of carbonyl (C=O) groups excluding carboxylic acids is 1. The molecule has 0 radical (unpaired) electrons. The van der Waals surface area contributed by atoms with E-state index in [4.69, 9.17) is 0 Å². The highest BCUT2D eigenvalue weighted by Crippen LogP contribution is 2.24. The highest BCUT2D eigenvalue weighted by Gasteiger charge is 2.24. The summed E-state index contributed by atoms with van der Waals surface area (Å²) >= 11 is 0. The molecule has 0 spiro atoms. The highest BCUT2D eigenvalue weighted by atomic mass is 16.3. The number of carbonyl (C=O) groups is 1. The molecule has 1 aliphatic rings. The Labute approximate surface area is 213 Å². The summed E-state index contributed by atoms with van der Waals surface area (Å²) in [5, 5.41) is 14.9. The number of amides is 1. The molecule has 0 bridgehead atoms. The molecule has 186 valence electrons. The molecule has 1 saturated heterocycles. The lowest BCUT2D eigenvalue weighted by atomic mass is 9.90. The number of likely N-dealkylation sites (tertiary alicyclic amines) is 1. The van der Waals surface area contributed by atoms with Crippen molar-refractivity contribution in [3.63, 3.8) is 0 Å². The van der Waals surface area contributed by atoms with Gasteiger partial charge in [-0.2, -0.15) is 0 Å². The normalized spacial score (nSPS) is 15.3. The van der Waals surface area contributed by atoms with Gasteiger partial charge in [-0.15, -0.1) is 0 Å². The average Bonchev–Trinajstić information content (AvgIpc) is 3.31. The summed E-state index contributed by atoms with van der Waals surface area (Å²) in [5.41, 5.74) is 4.37. The van der Waals surface area contributed by atoms with E-state index in [-0.39, 0.29) is 5.91 Å². The zero-order valence-electron chi connectivity index (χ0n) is 20.7. The minimum atomic E-state index is -0.497. The van der Waals surface area contributed by atoms with Crippen molar-refractivity contribution in [1.82, 2.24) is 14.8 Å². The van der Waals surface area contributed by atoms with Crippen LogP contribution in [0.1, 0.15) is 34.3 Å². The third-order valence-electron chi connectivity index (χ3n) is 7.25. The van der Waals surface area contributed by atoms with Crippen molar-refractivity contribution in [1.29, 1.82) is 0 Å². The van der Waals surface area contributed by atoms with Crippen LogP contribution in [0.4, 0.5) is 0 Å². The van der Waals surface area contributed by atoms with Crippen molar-refractivity contribution in [2.75, 3.05) is 19.6 Å². The van der Waals surface area contributed by atoms with Crippen molar-refractivity contribution in [3.05, 3.63) is 108 Å². The molecule has 5 rings (SSSR count). The second kappa shape index (κ2) is 11.5. The number of nitrogens with one attached hydrogen (secondary N) is 1. The molecule has 1 amide bonds. The lowest BCUT2D eigenvalue weighted by Crippen LogP contribution is -2.38. The Balaban J connectivity index is 1.14. The number of hydrogen-bond donors (Lipinski definition) is 2. The number of hydrogen-bond acceptors (Lipinski definition) is 3. The van der Waals surface area contributed by atoms with E-state index < -0.39 is 6.10 Å². The second-order valence-electron chi connectivity index (χ2n) is 9.94.